The van der Waals surface area contributed by atoms with E-state index in [0.29, 0.717) is 0 Å². The van der Waals surface area contributed by atoms with Gasteiger partial charge in [-0.25, -0.2) is 0 Å². The van der Waals surface area contributed by atoms with E-state index in [1.807, 2.05) is 18.2 Å². The molecule has 0 aliphatic carbocycles. The van der Waals surface area contributed by atoms with Gasteiger partial charge in [0.25, 0.3) is 0 Å². The van der Waals surface area contributed by atoms with Crippen molar-refractivity contribution in [1.82, 2.24) is 4.90 Å². The van der Waals surface area contributed by atoms with Gasteiger partial charge in [-0.05, 0) is 12.6 Å². The van der Waals surface area contributed by atoms with E-state index >= 15 is 0 Å². The molecule has 1 atom stereocenters. The smallest absolute Gasteiger partial charge is 0.0589 e. The molecule has 1 aromatic rings. The molecule has 15 heavy (non-hydrogen) atoms. The highest BCUT2D eigenvalue weighted by Gasteiger charge is 2.08. The second kappa shape index (κ2) is 6.56. The molecule has 0 amide bonds. The molecule has 0 spiro atoms. The third-order valence-corrected chi connectivity index (χ3v) is 2.41. The van der Waals surface area contributed by atoms with Crippen LogP contribution in [-0.2, 0) is 4.74 Å². The Balaban J connectivity index is 2.38. The van der Waals surface area contributed by atoms with E-state index in [2.05, 4.69) is 24.1 Å². The Labute approximate surface area is 91.8 Å². The lowest BCUT2D eigenvalue weighted by atomic mass is 10.1. The predicted molar refractivity (Wildman–Crippen MR) is 62.7 cm³/mol. The average Bonchev–Trinajstić information content (AvgIpc) is 2.27. The van der Waals surface area contributed by atoms with Crippen molar-refractivity contribution in [1.29, 1.82) is 0 Å². The topological polar surface area (TPSA) is 38.5 Å². The number of ether oxygens (including phenoxy) is 1. The number of hydrogen-bond donors (Lipinski definition) is 1. The lowest BCUT2D eigenvalue weighted by molar-refractivity contribution is 0.158. The first-order valence-corrected chi connectivity index (χ1v) is 5.22. The van der Waals surface area contributed by atoms with Crippen LogP contribution in [0.5, 0.6) is 0 Å². The van der Waals surface area contributed by atoms with Crippen molar-refractivity contribution >= 4 is 0 Å². The summed E-state index contributed by atoms with van der Waals surface area (Å²) >= 11 is 0. The molecule has 1 aromatic carbocycles. The van der Waals surface area contributed by atoms with E-state index in [0.717, 1.165) is 19.7 Å². The quantitative estimate of drug-likeness (QED) is 0.765. The van der Waals surface area contributed by atoms with Crippen molar-refractivity contribution in [3.8, 4) is 0 Å². The zero-order valence-electron chi connectivity index (χ0n) is 9.52. The van der Waals surface area contributed by atoms with Crippen LogP contribution in [0.1, 0.15) is 11.6 Å². The van der Waals surface area contributed by atoms with Gasteiger partial charge in [-0.15, -0.1) is 0 Å². The van der Waals surface area contributed by atoms with Gasteiger partial charge in [0.2, 0.25) is 0 Å². The SMILES string of the molecule is COCCN(C)CC(N)c1ccccc1. The van der Waals surface area contributed by atoms with Crippen LogP contribution >= 0.6 is 0 Å². The van der Waals surface area contributed by atoms with Gasteiger partial charge in [-0.3, -0.25) is 0 Å². The normalized spacial score (nSPS) is 13.1. The molecule has 3 heteroatoms. The Hall–Kier alpha value is -0.900. The summed E-state index contributed by atoms with van der Waals surface area (Å²) in [5, 5.41) is 0. The monoisotopic (exact) mass is 208 g/mol. The summed E-state index contributed by atoms with van der Waals surface area (Å²) in [6.45, 7) is 2.52. The molecule has 0 aromatic heterocycles. The fraction of sp³-hybridized carbons (Fsp3) is 0.500. The van der Waals surface area contributed by atoms with Gasteiger partial charge >= 0.3 is 0 Å². The third kappa shape index (κ3) is 4.42. The Morgan fingerprint density at radius 3 is 2.60 bits per heavy atom. The van der Waals surface area contributed by atoms with E-state index in [1.54, 1.807) is 7.11 Å². The standard InChI is InChI=1S/C12H20N2O/c1-14(8-9-15-2)10-12(13)11-6-4-3-5-7-11/h3-7,12H,8-10,13H2,1-2H3. The average molecular weight is 208 g/mol. The minimum Gasteiger partial charge on any atom is -0.383 e. The fourth-order valence-corrected chi connectivity index (χ4v) is 1.48. The zero-order chi connectivity index (χ0) is 11.1. The lowest BCUT2D eigenvalue weighted by Crippen LogP contribution is -2.31. The lowest BCUT2D eigenvalue weighted by Gasteiger charge is -2.21. The van der Waals surface area contributed by atoms with Crippen molar-refractivity contribution in [3.05, 3.63) is 35.9 Å². The Bertz CT molecular complexity index is 264. The summed E-state index contributed by atoms with van der Waals surface area (Å²) in [6.07, 6.45) is 0. The second-order valence-electron chi connectivity index (χ2n) is 3.77. The molecule has 0 heterocycles. The van der Waals surface area contributed by atoms with Crippen molar-refractivity contribution in [3.63, 3.8) is 0 Å². The molecular weight excluding hydrogens is 188 g/mol. The van der Waals surface area contributed by atoms with Crippen LogP contribution in [-0.4, -0.2) is 38.8 Å². The van der Waals surface area contributed by atoms with Crippen molar-refractivity contribution in [2.75, 3.05) is 33.9 Å². The summed E-state index contributed by atoms with van der Waals surface area (Å²) in [4.78, 5) is 2.18. The summed E-state index contributed by atoms with van der Waals surface area (Å²) in [5.41, 5.74) is 7.27. The first kappa shape index (κ1) is 12.2. The van der Waals surface area contributed by atoms with E-state index in [9.17, 15) is 0 Å². The first-order valence-electron chi connectivity index (χ1n) is 5.22. The number of benzene rings is 1. The van der Waals surface area contributed by atoms with Crippen molar-refractivity contribution in [2.24, 2.45) is 5.73 Å². The number of rotatable bonds is 6. The van der Waals surface area contributed by atoms with Crippen LogP contribution in [0, 0.1) is 0 Å². The summed E-state index contributed by atoms with van der Waals surface area (Å²) < 4.78 is 5.02. The second-order valence-corrected chi connectivity index (χ2v) is 3.77. The first-order chi connectivity index (χ1) is 7.24. The van der Waals surface area contributed by atoms with E-state index in [4.69, 9.17) is 10.5 Å². The van der Waals surface area contributed by atoms with Gasteiger partial charge in [0.05, 0.1) is 6.61 Å². The number of hydrogen-bond acceptors (Lipinski definition) is 3. The van der Waals surface area contributed by atoms with Gasteiger partial charge in [-0.2, -0.15) is 0 Å². The van der Waals surface area contributed by atoms with Crippen LogP contribution < -0.4 is 5.73 Å². The molecule has 2 N–H and O–H groups in total. The van der Waals surface area contributed by atoms with Gasteiger partial charge in [0.1, 0.15) is 0 Å². The van der Waals surface area contributed by atoms with Gasteiger partial charge in [0.15, 0.2) is 0 Å². The molecule has 0 saturated heterocycles. The summed E-state index contributed by atoms with van der Waals surface area (Å²) in [6, 6.07) is 10.2. The summed E-state index contributed by atoms with van der Waals surface area (Å²) in [7, 11) is 3.77. The minimum absolute atomic E-state index is 0.0769. The molecule has 0 saturated carbocycles. The van der Waals surface area contributed by atoms with Gasteiger partial charge < -0.3 is 15.4 Å². The predicted octanol–water partition coefficient (Wildman–Crippen LogP) is 1.26. The Morgan fingerprint density at radius 1 is 1.33 bits per heavy atom. The van der Waals surface area contributed by atoms with Crippen molar-refractivity contribution in [2.45, 2.75) is 6.04 Å². The highest BCUT2D eigenvalue weighted by Crippen LogP contribution is 2.09. The van der Waals surface area contributed by atoms with Crippen molar-refractivity contribution < 1.29 is 4.74 Å². The highest BCUT2D eigenvalue weighted by atomic mass is 16.5. The molecule has 0 bridgehead atoms. The van der Waals surface area contributed by atoms with E-state index < -0.39 is 0 Å². The molecule has 1 unspecified atom stereocenters. The zero-order valence-corrected chi connectivity index (χ0v) is 9.52. The molecule has 84 valence electrons. The van der Waals surface area contributed by atoms with E-state index in [-0.39, 0.29) is 6.04 Å². The molecule has 0 radical (unpaired) electrons. The Morgan fingerprint density at radius 2 is 2.00 bits per heavy atom. The maximum atomic E-state index is 6.09. The van der Waals surface area contributed by atoms with Gasteiger partial charge in [-0.1, -0.05) is 30.3 Å². The number of likely N-dealkylation sites (N-methyl/N-ethyl adjacent to an activating group) is 1. The largest absolute Gasteiger partial charge is 0.383 e. The van der Waals surface area contributed by atoms with E-state index in [1.165, 1.54) is 5.56 Å². The molecule has 0 aliphatic heterocycles. The maximum Gasteiger partial charge on any atom is 0.0589 e. The molecule has 3 nitrogen and oxygen atoms in total. The Kier molecular flexibility index (Phi) is 5.32. The van der Waals surface area contributed by atoms with Crippen LogP contribution in [0.25, 0.3) is 0 Å². The molecular formula is C12H20N2O. The molecule has 1 rings (SSSR count). The fourth-order valence-electron chi connectivity index (χ4n) is 1.48. The van der Waals surface area contributed by atoms with Gasteiger partial charge in [0, 0.05) is 26.2 Å². The summed E-state index contributed by atoms with van der Waals surface area (Å²) in [5.74, 6) is 0. The highest BCUT2D eigenvalue weighted by molar-refractivity contribution is 5.18. The number of methoxy groups -OCH3 is 1. The van der Waals surface area contributed by atoms with Crippen LogP contribution in [0.4, 0.5) is 0 Å². The third-order valence-electron chi connectivity index (χ3n) is 2.41. The number of nitrogens with zero attached hydrogens (tertiary/aromatic N) is 1. The molecule has 0 aliphatic rings. The van der Waals surface area contributed by atoms with Crippen LogP contribution in [0.15, 0.2) is 30.3 Å². The van der Waals surface area contributed by atoms with Crippen LogP contribution in [0.2, 0.25) is 0 Å². The maximum absolute atomic E-state index is 6.09. The van der Waals surface area contributed by atoms with Crippen LogP contribution in [0.3, 0.4) is 0 Å². The minimum atomic E-state index is 0.0769. The number of nitrogens with two attached hydrogens (primary N) is 1. The molecule has 0 fully saturated rings.